The van der Waals surface area contributed by atoms with E-state index in [4.69, 9.17) is 0 Å². The van der Waals surface area contributed by atoms with Gasteiger partial charge in [-0.05, 0) is 50.7 Å². The van der Waals surface area contributed by atoms with E-state index in [-0.39, 0.29) is 5.91 Å². The quantitative estimate of drug-likeness (QED) is 0.914. The summed E-state index contributed by atoms with van der Waals surface area (Å²) >= 11 is 1.79. The zero-order valence-electron chi connectivity index (χ0n) is 11.8. The van der Waals surface area contributed by atoms with Gasteiger partial charge >= 0.3 is 0 Å². The molecule has 4 heteroatoms. The van der Waals surface area contributed by atoms with Crippen molar-refractivity contribution in [2.75, 3.05) is 0 Å². The van der Waals surface area contributed by atoms with Crippen LogP contribution in [0.3, 0.4) is 0 Å². The lowest BCUT2D eigenvalue weighted by Crippen LogP contribution is -2.29. The standard InChI is InChI=1S/C16H20N2OS/c1-10-7-13-15(20-10)8-14(16(19)17-12-5-6-12)18(13)9-11-3-2-4-11/h7-8,11-12H,2-6,9H2,1H3,(H,17,19). The van der Waals surface area contributed by atoms with Gasteiger partial charge in [0.25, 0.3) is 5.91 Å². The first-order valence-corrected chi connectivity index (χ1v) is 8.43. The Bertz CT molecular complexity index is 661. The number of thiophene rings is 1. The minimum atomic E-state index is 0.118. The molecule has 2 aliphatic carbocycles. The average molecular weight is 288 g/mol. The number of hydrogen-bond acceptors (Lipinski definition) is 2. The highest BCUT2D eigenvalue weighted by Gasteiger charge is 2.27. The molecule has 2 aromatic heterocycles. The second-order valence-electron chi connectivity index (χ2n) is 6.29. The van der Waals surface area contributed by atoms with Crippen LogP contribution in [0, 0.1) is 12.8 Å². The van der Waals surface area contributed by atoms with Gasteiger partial charge in [-0.2, -0.15) is 0 Å². The van der Waals surface area contributed by atoms with E-state index in [1.807, 2.05) is 0 Å². The van der Waals surface area contributed by atoms with E-state index < -0.39 is 0 Å². The third kappa shape index (κ3) is 2.16. The minimum Gasteiger partial charge on any atom is -0.348 e. The van der Waals surface area contributed by atoms with Gasteiger partial charge in [-0.15, -0.1) is 11.3 Å². The summed E-state index contributed by atoms with van der Waals surface area (Å²) < 4.78 is 3.52. The first-order valence-electron chi connectivity index (χ1n) is 7.61. The second kappa shape index (κ2) is 4.62. The number of amides is 1. The largest absolute Gasteiger partial charge is 0.348 e. The van der Waals surface area contributed by atoms with E-state index in [1.54, 1.807) is 11.3 Å². The second-order valence-corrected chi connectivity index (χ2v) is 7.58. The lowest BCUT2D eigenvalue weighted by Gasteiger charge is -2.26. The molecule has 20 heavy (non-hydrogen) atoms. The van der Waals surface area contributed by atoms with E-state index >= 15 is 0 Å². The van der Waals surface area contributed by atoms with Crippen LogP contribution < -0.4 is 5.32 Å². The molecule has 0 saturated heterocycles. The lowest BCUT2D eigenvalue weighted by molar-refractivity contribution is 0.0940. The lowest BCUT2D eigenvalue weighted by atomic mass is 9.85. The number of nitrogens with zero attached hydrogens (tertiary/aromatic N) is 1. The molecule has 106 valence electrons. The van der Waals surface area contributed by atoms with Gasteiger partial charge in [0.1, 0.15) is 5.69 Å². The fourth-order valence-corrected chi connectivity index (χ4v) is 3.93. The molecular weight excluding hydrogens is 268 g/mol. The molecular formula is C16H20N2OS. The number of aromatic nitrogens is 1. The number of carbonyl (C=O) groups is 1. The maximum atomic E-state index is 12.4. The maximum Gasteiger partial charge on any atom is 0.268 e. The van der Waals surface area contributed by atoms with Crippen molar-refractivity contribution in [1.29, 1.82) is 0 Å². The van der Waals surface area contributed by atoms with Crippen LogP contribution in [0.5, 0.6) is 0 Å². The van der Waals surface area contributed by atoms with Gasteiger partial charge < -0.3 is 9.88 Å². The van der Waals surface area contributed by atoms with Gasteiger partial charge in [0.2, 0.25) is 0 Å². The molecule has 0 aliphatic heterocycles. The number of carbonyl (C=O) groups excluding carboxylic acids is 1. The Morgan fingerprint density at radius 1 is 1.35 bits per heavy atom. The molecule has 1 N–H and O–H groups in total. The molecule has 0 spiro atoms. The van der Waals surface area contributed by atoms with E-state index in [1.165, 1.54) is 34.4 Å². The van der Waals surface area contributed by atoms with E-state index in [9.17, 15) is 4.79 Å². The molecule has 2 saturated carbocycles. The highest BCUT2D eigenvalue weighted by Crippen LogP contribution is 2.34. The predicted octanol–water partition coefficient (Wildman–Crippen LogP) is 3.70. The predicted molar refractivity (Wildman–Crippen MR) is 82.4 cm³/mol. The molecule has 0 unspecified atom stereocenters. The molecule has 0 aromatic carbocycles. The van der Waals surface area contributed by atoms with Crippen LogP contribution >= 0.6 is 11.3 Å². The van der Waals surface area contributed by atoms with Crippen molar-refractivity contribution in [2.45, 2.75) is 51.6 Å². The fourth-order valence-electron chi connectivity index (χ4n) is 2.97. The van der Waals surface area contributed by atoms with Crippen LogP contribution in [0.2, 0.25) is 0 Å². The van der Waals surface area contributed by atoms with Crippen molar-refractivity contribution in [3.63, 3.8) is 0 Å². The zero-order valence-corrected chi connectivity index (χ0v) is 12.6. The Labute approximate surface area is 123 Å². The van der Waals surface area contributed by atoms with Crippen molar-refractivity contribution in [2.24, 2.45) is 5.92 Å². The van der Waals surface area contributed by atoms with Gasteiger partial charge in [0.15, 0.2) is 0 Å². The smallest absolute Gasteiger partial charge is 0.268 e. The summed E-state index contributed by atoms with van der Waals surface area (Å²) in [6.07, 6.45) is 6.26. The van der Waals surface area contributed by atoms with Crippen LogP contribution in [-0.4, -0.2) is 16.5 Å². The molecule has 2 heterocycles. The SMILES string of the molecule is Cc1cc2c(cc(C(=O)NC3CC3)n2CC2CCC2)s1. The molecule has 0 atom stereocenters. The van der Waals surface area contributed by atoms with Crippen molar-refractivity contribution < 1.29 is 4.79 Å². The molecule has 3 nitrogen and oxygen atoms in total. The summed E-state index contributed by atoms with van der Waals surface area (Å²) in [7, 11) is 0. The van der Waals surface area contributed by atoms with Crippen LogP contribution in [0.1, 0.15) is 47.5 Å². The Balaban J connectivity index is 1.70. The molecule has 1 amide bonds. The number of hydrogen-bond donors (Lipinski definition) is 1. The van der Waals surface area contributed by atoms with Crippen molar-refractivity contribution in [1.82, 2.24) is 9.88 Å². The Hall–Kier alpha value is -1.29. The Morgan fingerprint density at radius 2 is 2.15 bits per heavy atom. The van der Waals surface area contributed by atoms with Crippen LogP contribution in [0.25, 0.3) is 10.2 Å². The molecule has 0 bridgehead atoms. The average Bonchev–Trinajstić information content (AvgIpc) is 2.99. The zero-order chi connectivity index (χ0) is 13.7. The summed E-state index contributed by atoms with van der Waals surface area (Å²) in [6.45, 7) is 3.15. The minimum absolute atomic E-state index is 0.118. The monoisotopic (exact) mass is 288 g/mol. The molecule has 2 fully saturated rings. The summed E-state index contributed by atoms with van der Waals surface area (Å²) in [4.78, 5) is 13.8. The van der Waals surface area contributed by atoms with E-state index in [0.717, 1.165) is 31.0 Å². The Kier molecular flexibility index (Phi) is 2.88. The highest BCUT2D eigenvalue weighted by molar-refractivity contribution is 7.19. The van der Waals surface area contributed by atoms with Crippen molar-refractivity contribution in [3.8, 4) is 0 Å². The normalized spacial score (nSPS) is 19.2. The van der Waals surface area contributed by atoms with Gasteiger partial charge in [-0.1, -0.05) is 6.42 Å². The molecule has 2 aliphatic rings. The summed E-state index contributed by atoms with van der Waals surface area (Å²) in [5.41, 5.74) is 2.12. The van der Waals surface area contributed by atoms with Gasteiger partial charge in [0, 0.05) is 17.5 Å². The van der Waals surface area contributed by atoms with Crippen LogP contribution in [0.4, 0.5) is 0 Å². The third-order valence-corrected chi connectivity index (χ3v) is 5.51. The summed E-state index contributed by atoms with van der Waals surface area (Å²) in [5.74, 6) is 0.881. The number of fused-ring (bicyclic) bond motifs is 1. The number of rotatable bonds is 4. The van der Waals surface area contributed by atoms with Crippen LogP contribution in [0.15, 0.2) is 12.1 Å². The van der Waals surface area contributed by atoms with Gasteiger partial charge in [-0.3, -0.25) is 4.79 Å². The number of nitrogens with one attached hydrogen (secondary N) is 1. The number of aryl methyl sites for hydroxylation is 1. The van der Waals surface area contributed by atoms with E-state index in [0.29, 0.717) is 6.04 Å². The molecule has 0 radical (unpaired) electrons. The topological polar surface area (TPSA) is 34.0 Å². The third-order valence-electron chi connectivity index (χ3n) is 4.52. The molecule has 4 rings (SSSR count). The Morgan fingerprint density at radius 3 is 2.80 bits per heavy atom. The first kappa shape index (κ1) is 12.5. The summed E-state index contributed by atoms with van der Waals surface area (Å²) in [6, 6.07) is 4.74. The molecule has 2 aromatic rings. The fraction of sp³-hybridized carbons (Fsp3) is 0.562. The summed E-state index contributed by atoms with van der Waals surface area (Å²) in [5, 5.41) is 3.13. The van der Waals surface area contributed by atoms with Gasteiger partial charge in [0.05, 0.1) is 10.2 Å². The van der Waals surface area contributed by atoms with Crippen molar-refractivity contribution in [3.05, 3.63) is 22.7 Å². The van der Waals surface area contributed by atoms with Gasteiger partial charge in [-0.25, -0.2) is 0 Å². The van der Waals surface area contributed by atoms with Crippen molar-refractivity contribution >= 4 is 27.5 Å². The van der Waals surface area contributed by atoms with Crippen LogP contribution in [-0.2, 0) is 6.54 Å². The highest BCUT2D eigenvalue weighted by atomic mass is 32.1. The van der Waals surface area contributed by atoms with E-state index in [2.05, 4.69) is 28.9 Å². The maximum absolute atomic E-state index is 12.4. The first-order chi connectivity index (χ1) is 9.70.